The topological polar surface area (TPSA) is 67.9 Å². The van der Waals surface area contributed by atoms with Crippen molar-refractivity contribution in [1.82, 2.24) is 10.2 Å². The highest BCUT2D eigenvalue weighted by atomic mass is 16.5. The number of hydrogen-bond acceptors (Lipinski definition) is 4. The molecule has 2 rings (SSSR count). The Kier molecular flexibility index (Phi) is 6.67. The second-order valence-corrected chi connectivity index (χ2v) is 6.41. The van der Waals surface area contributed by atoms with Crippen LogP contribution in [0.5, 0.6) is 11.5 Å². The standard InChI is InChI=1S/C19H28N2O4/c1-13-17(24-3)6-5-15(18(13)25-4)7-10-20-19(23)16-8-11-21(12-9-16)14(2)22/h5-6,16H,7-12H2,1-4H3,(H,20,23). The quantitative estimate of drug-likeness (QED) is 0.853. The number of carbonyl (C=O) groups is 2. The Morgan fingerprint density at radius 3 is 2.44 bits per heavy atom. The van der Waals surface area contributed by atoms with Crippen molar-refractivity contribution in [1.29, 1.82) is 0 Å². The monoisotopic (exact) mass is 348 g/mol. The molecule has 1 aromatic rings. The van der Waals surface area contributed by atoms with Crippen molar-refractivity contribution >= 4 is 11.8 Å². The van der Waals surface area contributed by atoms with Crippen molar-refractivity contribution in [3.63, 3.8) is 0 Å². The molecule has 1 aromatic carbocycles. The van der Waals surface area contributed by atoms with Crippen molar-refractivity contribution in [2.24, 2.45) is 5.92 Å². The molecular weight excluding hydrogens is 320 g/mol. The molecule has 0 spiro atoms. The fraction of sp³-hybridized carbons (Fsp3) is 0.579. The minimum atomic E-state index is -0.00454. The molecule has 0 saturated carbocycles. The van der Waals surface area contributed by atoms with E-state index in [1.807, 2.05) is 19.1 Å². The second-order valence-electron chi connectivity index (χ2n) is 6.41. The number of amides is 2. The largest absolute Gasteiger partial charge is 0.496 e. The van der Waals surface area contributed by atoms with Crippen LogP contribution in [0, 0.1) is 12.8 Å². The summed E-state index contributed by atoms with van der Waals surface area (Å²) in [6.45, 7) is 5.43. The average molecular weight is 348 g/mol. The van der Waals surface area contributed by atoms with Gasteiger partial charge in [0.2, 0.25) is 11.8 Å². The van der Waals surface area contributed by atoms with E-state index in [2.05, 4.69) is 5.32 Å². The Bertz CT molecular complexity index is 622. The number of likely N-dealkylation sites (tertiary alicyclic amines) is 1. The van der Waals surface area contributed by atoms with Crippen LogP contribution >= 0.6 is 0 Å². The fourth-order valence-electron chi connectivity index (χ4n) is 3.35. The van der Waals surface area contributed by atoms with E-state index in [0.29, 0.717) is 26.1 Å². The maximum atomic E-state index is 12.3. The summed E-state index contributed by atoms with van der Waals surface area (Å²) >= 11 is 0. The van der Waals surface area contributed by atoms with Gasteiger partial charge in [-0.15, -0.1) is 0 Å². The normalized spacial score (nSPS) is 15.0. The number of methoxy groups -OCH3 is 2. The van der Waals surface area contributed by atoms with Crippen molar-refractivity contribution in [2.45, 2.75) is 33.1 Å². The first-order valence-corrected chi connectivity index (χ1v) is 8.71. The van der Waals surface area contributed by atoms with Crippen LogP contribution in [0.2, 0.25) is 0 Å². The maximum Gasteiger partial charge on any atom is 0.223 e. The molecule has 1 heterocycles. The number of hydrogen-bond donors (Lipinski definition) is 1. The van der Waals surface area contributed by atoms with Gasteiger partial charge in [-0.3, -0.25) is 9.59 Å². The van der Waals surface area contributed by atoms with E-state index in [1.54, 1.807) is 26.0 Å². The molecule has 25 heavy (non-hydrogen) atoms. The molecule has 2 amide bonds. The van der Waals surface area contributed by atoms with Gasteiger partial charge < -0.3 is 19.7 Å². The third kappa shape index (κ3) is 4.65. The highest BCUT2D eigenvalue weighted by molar-refractivity contribution is 5.79. The second kappa shape index (κ2) is 8.74. The van der Waals surface area contributed by atoms with Gasteiger partial charge in [0.15, 0.2) is 0 Å². The maximum absolute atomic E-state index is 12.3. The van der Waals surface area contributed by atoms with Gasteiger partial charge in [0.1, 0.15) is 11.5 Å². The summed E-state index contributed by atoms with van der Waals surface area (Å²) in [5, 5.41) is 3.02. The van der Waals surface area contributed by atoms with Crippen LogP contribution in [0.1, 0.15) is 30.9 Å². The fourth-order valence-corrected chi connectivity index (χ4v) is 3.35. The molecule has 1 aliphatic heterocycles. The number of nitrogens with one attached hydrogen (secondary N) is 1. The minimum Gasteiger partial charge on any atom is -0.496 e. The van der Waals surface area contributed by atoms with Crippen LogP contribution in [-0.4, -0.2) is 50.6 Å². The highest BCUT2D eigenvalue weighted by Crippen LogP contribution is 2.31. The van der Waals surface area contributed by atoms with E-state index < -0.39 is 0 Å². The lowest BCUT2D eigenvalue weighted by atomic mass is 9.96. The van der Waals surface area contributed by atoms with Gasteiger partial charge in [0.05, 0.1) is 14.2 Å². The Morgan fingerprint density at radius 2 is 1.88 bits per heavy atom. The zero-order valence-electron chi connectivity index (χ0n) is 15.6. The molecule has 138 valence electrons. The number of ether oxygens (including phenoxy) is 2. The van der Waals surface area contributed by atoms with Crippen molar-refractivity contribution in [3.8, 4) is 11.5 Å². The molecule has 0 aliphatic carbocycles. The Morgan fingerprint density at radius 1 is 1.20 bits per heavy atom. The molecule has 1 saturated heterocycles. The third-order valence-corrected chi connectivity index (χ3v) is 4.87. The number of rotatable bonds is 6. The molecular formula is C19H28N2O4. The number of piperidine rings is 1. The summed E-state index contributed by atoms with van der Waals surface area (Å²) in [5.74, 6) is 1.76. The lowest BCUT2D eigenvalue weighted by Crippen LogP contribution is -2.42. The van der Waals surface area contributed by atoms with Gasteiger partial charge in [-0.25, -0.2) is 0 Å². The highest BCUT2D eigenvalue weighted by Gasteiger charge is 2.25. The van der Waals surface area contributed by atoms with Crippen LogP contribution in [0.4, 0.5) is 0 Å². The third-order valence-electron chi connectivity index (χ3n) is 4.87. The van der Waals surface area contributed by atoms with Gasteiger partial charge in [0.25, 0.3) is 0 Å². The Balaban J connectivity index is 1.86. The van der Waals surface area contributed by atoms with Crippen LogP contribution in [0.15, 0.2) is 12.1 Å². The summed E-state index contributed by atoms with van der Waals surface area (Å²) in [7, 11) is 3.28. The summed E-state index contributed by atoms with van der Waals surface area (Å²) < 4.78 is 10.8. The first-order chi connectivity index (χ1) is 12.0. The smallest absolute Gasteiger partial charge is 0.223 e. The molecule has 6 nitrogen and oxygen atoms in total. The Hall–Kier alpha value is -2.24. The molecule has 0 bridgehead atoms. The number of carbonyl (C=O) groups excluding carboxylic acids is 2. The molecule has 6 heteroatoms. The van der Waals surface area contributed by atoms with Gasteiger partial charge in [-0.1, -0.05) is 6.07 Å². The lowest BCUT2D eigenvalue weighted by molar-refractivity contribution is -0.133. The van der Waals surface area contributed by atoms with E-state index in [9.17, 15) is 9.59 Å². The lowest BCUT2D eigenvalue weighted by Gasteiger charge is -2.30. The average Bonchev–Trinajstić information content (AvgIpc) is 2.62. The van der Waals surface area contributed by atoms with Crippen LogP contribution < -0.4 is 14.8 Å². The van der Waals surface area contributed by atoms with E-state index in [4.69, 9.17) is 9.47 Å². The molecule has 1 aliphatic rings. The van der Waals surface area contributed by atoms with Crippen LogP contribution in [-0.2, 0) is 16.0 Å². The molecule has 1 fully saturated rings. The van der Waals surface area contributed by atoms with E-state index >= 15 is 0 Å². The summed E-state index contributed by atoms with van der Waals surface area (Å²) in [4.78, 5) is 25.5. The molecule has 0 unspecified atom stereocenters. The molecule has 0 atom stereocenters. The Labute approximate surface area is 149 Å². The van der Waals surface area contributed by atoms with Gasteiger partial charge in [0, 0.05) is 38.0 Å². The van der Waals surface area contributed by atoms with Gasteiger partial charge in [-0.2, -0.15) is 0 Å². The molecule has 1 N–H and O–H groups in total. The SMILES string of the molecule is COc1ccc(CCNC(=O)C2CCN(C(C)=O)CC2)c(OC)c1C. The first kappa shape index (κ1) is 19.1. The van der Waals surface area contributed by atoms with Crippen molar-refractivity contribution < 1.29 is 19.1 Å². The van der Waals surface area contributed by atoms with Crippen LogP contribution in [0.3, 0.4) is 0 Å². The first-order valence-electron chi connectivity index (χ1n) is 8.71. The molecule has 0 aromatic heterocycles. The van der Waals surface area contributed by atoms with Crippen molar-refractivity contribution in [3.05, 3.63) is 23.3 Å². The number of benzene rings is 1. The van der Waals surface area contributed by atoms with E-state index in [1.165, 1.54) is 0 Å². The van der Waals surface area contributed by atoms with E-state index in [0.717, 1.165) is 35.5 Å². The van der Waals surface area contributed by atoms with Gasteiger partial charge >= 0.3 is 0 Å². The number of nitrogens with zero attached hydrogens (tertiary/aromatic N) is 1. The zero-order valence-corrected chi connectivity index (χ0v) is 15.6. The van der Waals surface area contributed by atoms with E-state index in [-0.39, 0.29) is 17.7 Å². The summed E-state index contributed by atoms with van der Waals surface area (Å²) in [5.41, 5.74) is 2.01. The predicted molar refractivity (Wildman–Crippen MR) is 96.0 cm³/mol. The minimum absolute atomic E-state index is 0.00454. The van der Waals surface area contributed by atoms with Gasteiger partial charge in [-0.05, 0) is 37.8 Å². The van der Waals surface area contributed by atoms with Crippen molar-refractivity contribution in [2.75, 3.05) is 33.9 Å². The summed E-state index contributed by atoms with van der Waals surface area (Å²) in [6, 6.07) is 3.90. The zero-order chi connectivity index (χ0) is 18.4. The molecule has 0 radical (unpaired) electrons. The predicted octanol–water partition coefficient (Wildman–Crippen LogP) is 1.93. The summed E-state index contributed by atoms with van der Waals surface area (Å²) in [6.07, 6.45) is 2.17. The van der Waals surface area contributed by atoms with Crippen LogP contribution in [0.25, 0.3) is 0 Å².